The Morgan fingerprint density at radius 2 is 1.97 bits per heavy atom. The van der Waals surface area contributed by atoms with E-state index in [-0.39, 0.29) is 4.90 Å². The molecule has 2 unspecified atom stereocenters. The Morgan fingerprint density at radius 1 is 1.23 bits per heavy atom. The predicted octanol–water partition coefficient (Wildman–Crippen LogP) is 6.59. The fourth-order valence-electron chi connectivity index (χ4n) is 3.78. The van der Waals surface area contributed by atoms with Crippen molar-refractivity contribution in [1.82, 2.24) is 15.0 Å². The number of pyridine rings is 1. The number of nitrogens with zero attached hydrogens (tertiary/aromatic N) is 4. The number of nitriles is 1. The highest BCUT2D eigenvalue weighted by Gasteiger charge is 2.17. The van der Waals surface area contributed by atoms with E-state index in [0.29, 0.717) is 17.2 Å². The van der Waals surface area contributed by atoms with Crippen molar-refractivity contribution in [1.29, 1.82) is 5.26 Å². The van der Waals surface area contributed by atoms with Gasteiger partial charge in [0.25, 0.3) is 0 Å². The lowest BCUT2D eigenvalue weighted by molar-refractivity contribution is 1.05. The average molecular weight is 503 g/mol. The van der Waals surface area contributed by atoms with Crippen molar-refractivity contribution >= 4 is 41.1 Å². The second kappa shape index (κ2) is 11.1. The summed E-state index contributed by atoms with van der Waals surface area (Å²) in [6, 6.07) is 10.00. The van der Waals surface area contributed by atoms with Crippen LogP contribution in [0.15, 0.2) is 66.0 Å². The van der Waals surface area contributed by atoms with Crippen molar-refractivity contribution in [2.75, 3.05) is 17.7 Å². The highest BCUT2D eigenvalue weighted by atomic mass is 31.1. The van der Waals surface area contributed by atoms with E-state index >= 15 is 0 Å². The minimum atomic E-state index is -0.116. The Hall–Kier alpha value is -3.12. The van der Waals surface area contributed by atoms with Crippen LogP contribution in [0, 0.1) is 18.3 Å². The number of hydrogen-bond donors (Lipinski definition) is 2. The van der Waals surface area contributed by atoms with E-state index in [0.717, 1.165) is 45.6 Å². The first-order valence-electron chi connectivity index (χ1n) is 11.4. The molecule has 0 radical (unpaired) electrons. The van der Waals surface area contributed by atoms with E-state index in [2.05, 4.69) is 82.7 Å². The van der Waals surface area contributed by atoms with E-state index < -0.39 is 0 Å². The molecular weight excluding hydrogens is 470 g/mol. The van der Waals surface area contributed by atoms with Crippen molar-refractivity contribution in [2.45, 2.75) is 39.0 Å². The number of fused-ring (bicyclic) bond motifs is 1. The summed E-state index contributed by atoms with van der Waals surface area (Å²) in [4.78, 5) is 13.3. The Balaban J connectivity index is 2.01. The second-order valence-corrected chi connectivity index (χ2v) is 11.6. The van der Waals surface area contributed by atoms with Crippen LogP contribution in [-0.2, 0) is 0 Å². The fourth-order valence-corrected chi connectivity index (χ4v) is 4.28. The molecule has 2 heterocycles. The minimum Gasteiger partial charge on any atom is -0.357 e. The molecule has 0 aliphatic rings. The maximum atomic E-state index is 9.79. The predicted molar refractivity (Wildman–Crippen MR) is 154 cm³/mol. The molecular formula is C27H32N6P2. The van der Waals surface area contributed by atoms with Gasteiger partial charge in [0.15, 0.2) is 5.65 Å². The average Bonchev–Trinajstić information content (AvgIpc) is 2.83. The van der Waals surface area contributed by atoms with Crippen LogP contribution in [0.4, 0.5) is 11.6 Å². The Kier molecular flexibility index (Phi) is 8.39. The summed E-state index contributed by atoms with van der Waals surface area (Å²) in [6.45, 7) is 12.5. The van der Waals surface area contributed by atoms with E-state index in [1.165, 1.54) is 5.57 Å². The maximum Gasteiger partial charge on any atom is 0.224 e. The fraction of sp³-hybridized carbons (Fsp3) is 0.259. The van der Waals surface area contributed by atoms with Gasteiger partial charge in [-0.1, -0.05) is 25.7 Å². The van der Waals surface area contributed by atoms with Gasteiger partial charge < -0.3 is 10.6 Å². The van der Waals surface area contributed by atoms with Crippen molar-refractivity contribution in [2.24, 2.45) is 0 Å². The van der Waals surface area contributed by atoms with Gasteiger partial charge in [0.05, 0.1) is 11.6 Å². The van der Waals surface area contributed by atoms with Gasteiger partial charge in [-0.25, -0.2) is 9.97 Å². The summed E-state index contributed by atoms with van der Waals surface area (Å²) >= 11 is 0. The van der Waals surface area contributed by atoms with Gasteiger partial charge in [0.1, 0.15) is 0 Å². The highest BCUT2D eigenvalue weighted by molar-refractivity contribution is 7.40. The zero-order valence-electron chi connectivity index (χ0n) is 20.9. The third-order valence-corrected chi connectivity index (χ3v) is 6.41. The molecule has 0 amide bonds. The van der Waals surface area contributed by atoms with Crippen molar-refractivity contribution in [3.63, 3.8) is 0 Å². The van der Waals surface area contributed by atoms with Crippen LogP contribution < -0.4 is 10.6 Å². The van der Waals surface area contributed by atoms with Crippen LogP contribution >= 0.6 is 18.5 Å². The maximum absolute atomic E-state index is 9.79. The summed E-state index contributed by atoms with van der Waals surface area (Å²) in [6.07, 6.45) is 6.86. The summed E-state index contributed by atoms with van der Waals surface area (Å²) in [5.41, 5.74) is 7.62. The lowest BCUT2D eigenvalue weighted by Gasteiger charge is -2.22. The minimum absolute atomic E-state index is 0.116. The van der Waals surface area contributed by atoms with E-state index in [9.17, 15) is 5.26 Å². The molecule has 2 aromatic heterocycles. The zero-order chi connectivity index (χ0) is 25.8. The molecule has 0 saturated heterocycles. The first-order valence-corrected chi connectivity index (χ1v) is 12.5. The molecule has 1 aromatic carbocycles. The standard InChI is InChI=1S/C27H32N6P2/c1-7-18(11-21(8-2)27(5,34)35)16(3)31-22-10-9-19(14-28)24(13-22)23-12-20-15-30-26(29-6)33-25(20)32-17(23)4/h8-13,15,31H,3,7,34-35H2,1-2,4-6H3,(H,29,30,32,33)/b18-11+,21-8+. The number of nitrogens with one attached hydrogen (secondary N) is 2. The number of anilines is 2. The molecule has 180 valence electrons. The number of rotatable bonds is 8. The lowest BCUT2D eigenvalue weighted by Crippen LogP contribution is -2.09. The van der Waals surface area contributed by atoms with Crippen LogP contribution in [0.25, 0.3) is 22.2 Å². The molecule has 0 saturated carbocycles. The number of hydrogen-bond acceptors (Lipinski definition) is 6. The number of benzene rings is 1. The quantitative estimate of drug-likeness (QED) is 0.267. The van der Waals surface area contributed by atoms with E-state index in [1.807, 2.05) is 38.1 Å². The van der Waals surface area contributed by atoms with Gasteiger partial charge in [0, 0.05) is 51.7 Å². The third kappa shape index (κ3) is 6.12. The molecule has 2 atom stereocenters. The normalized spacial score (nSPS) is 12.4. The van der Waals surface area contributed by atoms with Gasteiger partial charge in [-0.15, -0.1) is 18.5 Å². The van der Waals surface area contributed by atoms with Crippen LogP contribution in [0.5, 0.6) is 0 Å². The molecule has 0 bridgehead atoms. The molecule has 2 N–H and O–H groups in total. The van der Waals surface area contributed by atoms with Gasteiger partial charge in [-0.2, -0.15) is 10.2 Å². The SMILES string of the molecule is C=C(Nc1ccc(C#N)c(-c2cc3cnc(NC)nc3nc2C)c1)/C(=C/C(=C\C)C(C)(P)P)CC. The first kappa shape index (κ1) is 26.5. The number of aromatic nitrogens is 3. The topological polar surface area (TPSA) is 86.5 Å². The van der Waals surface area contributed by atoms with Gasteiger partial charge in [-0.05, 0) is 62.6 Å². The lowest BCUT2D eigenvalue weighted by atomic mass is 9.97. The van der Waals surface area contributed by atoms with E-state index in [4.69, 9.17) is 0 Å². The Bertz CT molecular complexity index is 1380. The van der Waals surface area contributed by atoms with Crippen LogP contribution in [0.1, 0.15) is 38.4 Å². The molecule has 3 rings (SSSR count). The number of allylic oxidation sites excluding steroid dienone is 4. The molecule has 35 heavy (non-hydrogen) atoms. The van der Waals surface area contributed by atoms with Crippen molar-refractivity contribution in [3.8, 4) is 17.2 Å². The monoisotopic (exact) mass is 502 g/mol. The molecule has 0 fully saturated rings. The molecule has 0 aliphatic heterocycles. The largest absolute Gasteiger partial charge is 0.357 e. The summed E-state index contributed by atoms with van der Waals surface area (Å²) < 4.78 is 0. The third-order valence-electron chi connectivity index (χ3n) is 5.74. The van der Waals surface area contributed by atoms with Gasteiger partial charge in [-0.3, -0.25) is 0 Å². The highest BCUT2D eigenvalue weighted by Crippen LogP contribution is 2.37. The van der Waals surface area contributed by atoms with Crippen molar-refractivity contribution < 1.29 is 0 Å². The molecule has 3 aromatic rings. The summed E-state index contributed by atoms with van der Waals surface area (Å²) in [5.74, 6) is 0.518. The first-order chi connectivity index (χ1) is 16.6. The van der Waals surface area contributed by atoms with Gasteiger partial charge in [0.2, 0.25) is 5.95 Å². The zero-order valence-corrected chi connectivity index (χ0v) is 23.2. The van der Waals surface area contributed by atoms with Crippen LogP contribution in [0.3, 0.4) is 0 Å². The van der Waals surface area contributed by atoms with Crippen LogP contribution in [0.2, 0.25) is 0 Å². The molecule has 6 nitrogen and oxygen atoms in total. The Labute approximate surface area is 212 Å². The second-order valence-electron chi connectivity index (χ2n) is 8.50. The summed E-state index contributed by atoms with van der Waals surface area (Å²) in [5, 5.41) is 17.0. The molecule has 0 aliphatic carbocycles. The van der Waals surface area contributed by atoms with Crippen LogP contribution in [-0.4, -0.2) is 26.9 Å². The molecule has 0 spiro atoms. The summed E-state index contributed by atoms with van der Waals surface area (Å²) in [7, 11) is 7.48. The van der Waals surface area contributed by atoms with Crippen molar-refractivity contribution in [3.05, 3.63) is 77.3 Å². The van der Waals surface area contributed by atoms with Gasteiger partial charge >= 0.3 is 0 Å². The smallest absolute Gasteiger partial charge is 0.224 e. The Morgan fingerprint density at radius 3 is 2.57 bits per heavy atom. The number of aryl methyl sites for hydroxylation is 1. The molecule has 8 heteroatoms. The van der Waals surface area contributed by atoms with E-state index in [1.54, 1.807) is 13.2 Å².